The van der Waals surface area contributed by atoms with E-state index >= 15 is 0 Å². The zero-order valence-corrected chi connectivity index (χ0v) is 14.1. The van der Waals surface area contributed by atoms with Crippen molar-refractivity contribution >= 4 is 12.2 Å². The molecule has 2 aromatic carbocycles. The molecule has 0 aliphatic heterocycles. The minimum Gasteiger partial charge on any atom is -0.493 e. The Hall–Kier alpha value is -3.02. The average molecular weight is 326 g/mol. The summed E-state index contributed by atoms with van der Waals surface area (Å²) in [5, 5.41) is 7.34. The fraction of sp³-hybridized carbons (Fsp3) is 0.222. The number of guanidine groups is 1. The van der Waals surface area contributed by atoms with Crippen molar-refractivity contribution in [1.82, 2.24) is 0 Å². The third-order valence-electron chi connectivity index (χ3n) is 3.67. The van der Waals surface area contributed by atoms with Gasteiger partial charge in [-0.2, -0.15) is 5.10 Å². The second-order valence-corrected chi connectivity index (χ2v) is 5.33. The normalized spacial score (nSPS) is 10.6. The van der Waals surface area contributed by atoms with E-state index < -0.39 is 0 Å². The smallest absolute Gasteiger partial charge is 0.211 e. The second-order valence-electron chi connectivity index (χ2n) is 5.33. The molecule has 126 valence electrons. The van der Waals surface area contributed by atoms with E-state index in [0.717, 1.165) is 11.1 Å². The van der Waals surface area contributed by atoms with Crippen molar-refractivity contribution in [1.29, 1.82) is 0 Å². The van der Waals surface area contributed by atoms with Crippen molar-refractivity contribution in [2.24, 2.45) is 21.7 Å². The van der Waals surface area contributed by atoms with Crippen molar-refractivity contribution in [3.8, 4) is 11.5 Å². The number of aryl methyl sites for hydroxylation is 1. The molecule has 0 heterocycles. The van der Waals surface area contributed by atoms with Crippen LogP contribution in [0, 0.1) is 13.8 Å². The van der Waals surface area contributed by atoms with Crippen LogP contribution in [0.1, 0.15) is 22.3 Å². The van der Waals surface area contributed by atoms with E-state index in [4.69, 9.17) is 20.9 Å². The fourth-order valence-corrected chi connectivity index (χ4v) is 2.17. The van der Waals surface area contributed by atoms with Gasteiger partial charge < -0.3 is 20.9 Å². The Labute approximate surface area is 141 Å². The third kappa shape index (κ3) is 4.49. The molecule has 6 heteroatoms. The number of hydrogen-bond acceptors (Lipinski definition) is 4. The third-order valence-corrected chi connectivity index (χ3v) is 3.67. The lowest BCUT2D eigenvalue weighted by Crippen LogP contribution is -2.21. The van der Waals surface area contributed by atoms with Gasteiger partial charge in [0.15, 0.2) is 11.5 Å². The van der Waals surface area contributed by atoms with Crippen LogP contribution in [0.25, 0.3) is 0 Å². The van der Waals surface area contributed by atoms with E-state index in [0.29, 0.717) is 18.1 Å². The molecule has 0 aliphatic rings. The minimum absolute atomic E-state index is 0.0910. The minimum atomic E-state index is -0.0910. The molecule has 0 unspecified atom stereocenters. The van der Waals surface area contributed by atoms with E-state index in [9.17, 15) is 0 Å². The van der Waals surface area contributed by atoms with Crippen LogP contribution < -0.4 is 20.9 Å². The van der Waals surface area contributed by atoms with E-state index in [2.05, 4.69) is 36.2 Å². The summed E-state index contributed by atoms with van der Waals surface area (Å²) in [5.74, 6) is 1.19. The predicted molar refractivity (Wildman–Crippen MR) is 96.6 cm³/mol. The summed E-state index contributed by atoms with van der Waals surface area (Å²) >= 11 is 0. The molecule has 2 aromatic rings. The maximum Gasteiger partial charge on any atom is 0.211 e. The highest BCUT2D eigenvalue weighted by molar-refractivity contribution is 5.82. The molecule has 0 amide bonds. The molecule has 0 radical (unpaired) electrons. The maximum absolute atomic E-state index is 5.91. The molecule has 0 bridgehead atoms. The SMILES string of the molecule is COc1cc(C=NN=C(N)N)ccc1OCc1cccc(C)c1C. The predicted octanol–water partition coefficient (Wildman–Crippen LogP) is 2.50. The van der Waals surface area contributed by atoms with Crippen LogP contribution in [0.4, 0.5) is 0 Å². The highest BCUT2D eigenvalue weighted by Crippen LogP contribution is 2.29. The molecule has 4 N–H and O–H groups in total. The number of hydrogen-bond donors (Lipinski definition) is 2. The summed E-state index contributed by atoms with van der Waals surface area (Å²) < 4.78 is 11.3. The summed E-state index contributed by atoms with van der Waals surface area (Å²) in [6, 6.07) is 11.7. The second kappa shape index (κ2) is 8.01. The van der Waals surface area contributed by atoms with Gasteiger partial charge in [-0.1, -0.05) is 18.2 Å². The number of rotatable bonds is 6. The van der Waals surface area contributed by atoms with E-state index in [1.54, 1.807) is 7.11 Å². The molecule has 0 aliphatic carbocycles. The number of benzene rings is 2. The van der Waals surface area contributed by atoms with E-state index in [-0.39, 0.29) is 5.96 Å². The molecule has 0 aromatic heterocycles. The lowest BCUT2D eigenvalue weighted by atomic mass is 10.0. The van der Waals surface area contributed by atoms with Gasteiger partial charge in [0.2, 0.25) is 5.96 Å². The van der Waals surface area contributed by atoms with Crippen LogP contribution in [0.5, 0.6) is 11.5 Å². The summed E-state index contributed by atoms with van der Waals surface area (Å²) in [6.07, 6.45) is 1.54. The lowest BCUT2D eigenvalue weighted by Gasteiger charge is -2.13. The number of ether oxygens (including phenoxy) is 2. The van der Waals surface area contributed by atoms with Gasteiger partial charge in [0.05, 0.1) is 13.3 Å². The van der Waals surface area contributed by atoms with Crippen LogP contribution in [-0.2, 0) is 6.61 Å². The number of nitrogens with zero attached hydrogens (tertiary/aromatic N) is 2. The Balaban J connectivity index is 2.14. The van der Waals surface area contributed by atoms with Gasteiger partial charge in [-0.3, -0.25) is 0 Å². The fourth-order valence-electron chi connectivity index (χ4n) is 2.17. The van der Waals surface area contributed by atoms with Crippen LogP contribution >= 0.6 is 0 Å². The Bertz CT molecular complexity index is 766. The van der Waals surface area contributed by atoms with Crippen molar-refractivity contribution in [2.45, 2.75) is 20.5 Å². The Morgan fingerprint density at radius 1 is 1.12 bits per heavy atom. The average Bonchev–Trinajstić information content (AvgIpc) is 2.56. The maximum atomic E-state index is 5.91. The zero-order valence-electron chi connectivity index (χ0n) is 14.1. The van der Waals surface area contributed by atoms with E-state index in [1.807, 2.05) is 24.3 Å². The first-order valence-corrected chi connectivity index (χ1v) is 7.49. The quantitative estimate of drug-likeness (QED) is 0.484. The van der Waals surface area contributed by atoms with Gasteiger partial charge in [0.25, 0.3) is 0 Å². The summed E-state index contributed by atoms with van der Waals surface area (Å²) in [4.78, 5) is 0. The number of methoxy groups -OCH3 is 1. The van der Waals surface area contributed by atoms with Crippen molar-refractivity contribution < 1.29 is 9.47 Å². The van der Waals surface area contributed by atoms with Crippen LogP contribution in [0.3, 0.4) is 0 Å². The Kier molecular flexibility index (Phi) is 5.78. The van der Waals surface area contributed by atoms with Gasteiger partial charge >= 0.3 is 0 Å². The molecule has 0 saturated carbocycles. The summed E-state index contributed by atoms with van der Waals surface area (Å²) in [6.45, 7) is 4.66. The largest absolute Gasteiger partial charge is 0.493 e. The van der Waals surface area contributed by atoms with Gasteiger partial charge in [0, 0.05) is 0 Å². The first-order valence-electron chi connectivity index (χ1n) is 7.49. The summed E-state index contributed by atoms with van der Waals surface area (Å²) in [5.41, 5.74) is 14.9. The monoisotopic (exact) mass is 326 g/mol. The van der Waals surface area contributed by atoms with Gasteiger partial charge in [-0.05, 0) is 54.3 Å². The van der Waals surface area contributed by atoms with Crippen molar-refractivity contribution in [3.63, 3.8) is 0 Å². The highest BCUT2D eigenvalue weighted by atomic mass is 16.5. The van der Waals surface area contributed by atoms with Gasteiger partial charge in [-0.25, -0.2) is 0 Å². The molecular formula is C18H22N4O2. The summed E-state index contributed by atoms with van der Waals surface area (Å²) in [7, 11) is 1.59. The molecule has 0 atom stereocenters. The molecule has 2 rings (SSSR count). The van der Waals surface area contributed by atoms with Crippen LogP contribution in [0.15, 0.2) is 46.6 Å². The topological polar surface area (TPSA) is 95.2 Å². The van der Waals surface area contributed by atoms with Gasteiger partial charge in [-0.15, -0.1) is 5.10 Å². The Morgan fingerprint density at radius 2 is 1.92 bits per heavy atom. The standard InChI is InChI=1S/C18H22N4O2/c1-12-5-4-6-15(13(12)2)11-24-16-8-7-14(9-17(16)23-3)10-21-22-18(19)20/h4-10H,11H2,1-3H3,(H4,19,20,22). The number of nitrogens with two attached hydrogens (primary N) is 2. The zero-order chi connectivity index (χ0) is 17.5. The van der Waals surface area contributed by atoms with E-state index in [1.165, 1.54) is 17.3 Å². The molecular weight excluding hydrogens is 304 g/mol. The van der Waals surface area contributed by atoms with Crippen molar-refractivity contribution in [2.75, 3.05) is 7.11 Å². The van der Waals surface area contributed by atoms with Crippen molar-refractivity contribution in [3.05, 3.63) is 58.7 Å². The van der Waals surface area contributed by atoms with Crippen LogP contribution in [0.2, 0.25) is 0 Å². The molecule has 6 nitrogen and oxygen atoms in total. The first-order chi connectivity index (χ1) is 11.5. The molecule has 0 spiro atoms. The molecule has 0 fully saturated rings. The Morgan fingerprint density at radius 3 is 2.62 bits per heavy atom. The van der Waals surface area contributed by atoms with Crippen LogP contribution in [-0.4, -0.2) is 19.3 Å². The highest BCUT2D eigenvalue weighted by Gasteiger charge is 2.07. The lowest BCUT2D eigenvalue weighted by molar-refractivity contribution is 0.284. The first kappa shape index (κ1) is 17.3. The molecule has 24 heavy (non-hydrogen) atoms. The molecule has 0 saturated heterocycles. The van der Waals surface area contributed by atoms with Gasteiger partial charge in [0.1, 0.15) is 6.61 Å².